The summed E-state index contributed by atoms with van der Waals surface area (Å²) in [5.74, 6) is -0.812. The van der Waals surface area contributed by atoms with Crippen molar-refractivity contribution in [2.45, 2.75) is 45.1 Å². The molecule has 162 valence electrons. The lowest BCUT2D eigenvalue weighted by Crippen LogP contribution is -2.39. The number of nitrogens with one attached hydrogen (secondary N) is 2. The molecule has 0 saturated heterocycles. The molecule has 5 nitrogen and oxygen atoms in total. The molecule has 2 aromatic carbocycles. The van der Waals surface area contributed by atoms with Gasteiger partial charge in [0.05, 0.1) is 30.0 Å². The molecule has 0 radical (unpaired) electrons. The van der Waals surface area contributed by atoms with Gasteiger partial charge in [-0.1, -0.05) is 49.7 Å². The number of aromatic amines is 1. The molecule has 1 aliphatic heterocycles. The van der Waals surface area contributed by atoms with Crippen LogP contribution in [-0.4, -0.2) is 23.7 Å². The largest absolute Gasteiger partial charge is 0.368 e. The standard InChI is InChI=1S/C24H25ClFN3O2/c1-3-15-7-5-8-16-17-11-12-31-24(4-2,23(17)28-22(15)16)13-21(30)29-27-14-18-19(25)9-6-10-20(18)26/h5-10,14,28H,3-4,11-13H2,1-2H3,(H,29,30)/b27-14+. The van der Waals surface area contributed by atoms with E-state index in [4.69, 9.17) is 16.3 Å². The normalized spacial score (nSPS) is 18.5. The van der Waals surface area contributed by atoms with Crippen LogP contribution in [0.1, 0.15) is 49.1 Å². The molecule has 0 fully saturated rings. The third-order valence-corrected chi connectivity index (χ3v) is 6.32. The number of benzene rings is 2. The third kappa shape index (κ3) is 3.98. The number of aryl methyl sites for hydroxylation is 1. The number of amides is 1. The molecule has 0 spiro atoms. The molecular weight excluding hydrogens is 417 g/mol. The van der Waals surface area contributed by atoms with E-state index in [0.29, 0.717) is 13.0 Å². The molecule has 1 amide bonds. The number of aromatic nitrogens is 1. The first-order valence-electron chi connectivity index (χ1n) is 10.5. The van der Waals surface area contributed by atoms with Crippen LogP contribution < -0.4 is 5.43 Å². The van der Waals surface area contributed by atoms with E-state index in [9.17, 15) is 9.18 Å². The second-order valence-electron chi connectivity index (χ2n) is 7.72. The summed E-state index contributed by atoms with van der Waals surface area (Å²) in [5, 5.41) is 5.33. The number of hydrogen-bond donors (Lipinski definition) is 2. The lowest BCUT2D eigenvalue weighted by Gasteiger charge is -2.36. The molecule has 31 heavy (non-hydrogen) atoms. The van der Waals surface area contributed by atoms with Crippen molar-refractivity contribution in [1.82, 2.24) is 10.4 Å². The van der Waals surface area contributed by atoms with Crippen LogP contribution in [0.2, 0.25) is 5.02 Å². The summed E-state index contributed by atoms with van der Waals surface area (Å²) >= 11 is 6.00. The Morgan fingerprint density at radius 2 is 2.13 bits per heavy atom. The lowest BCUT2D eigenvalue weighted by atomic mass is 9.86. The lowest BCUT2D eigenvalue weighted by molar-refractivity contribution is -0.132. The van der Waals surface area contributed by atoms with Crippen LogP contribution in [0.15, 0.2) is 41.5 Å². The molecule has 0 aliphatic carbocycles. The molecule has 2 N–H and O–H groups in total. The molecule has 1 unspecified atom stereocenters. The molecule has 3 aromatic rings. The Bertz CT molecular complexity index is 1140. The third-order valence-electron chi connectivity index (χ3n) is 5.99. The van der Waals surface area contributed by atoms with Crippen LogP contribution in [0.3, 0.4) is 0 Å². The summed E-state index contributed by atoms with van der Waals surface area (Å²) < 4.78 is 20.1. The Morgan fingerprint density at radius 1 is 1.32 bits per heavy atom. The summed E-state index contributed by atoms with van der Waals surface area (Å²) in [6.07, 6.45) is 3.68. The zero-order valence-electron chi connectivity index (χ0n) is 17.6. The van der Waals surface area contributed by atoms with Crippen molar-refractivity contribution in [3.8, 4) is 0 Å². The van der Waals surface area contributed by atoms with E-state index >= 15 is 0 Å². The Hall–Kier alpha value is -2.70. The highest BCUT2D eigenvalue weighted by atomic mass is 35.5. The molecule has 2 heterocycles. The first kappa shape index (κ1) is 21.5. The minimum Gasteiger partial charge on any atom is -0.368 e. The van der Waals surface area contributed by atoms with Gasteiger partial charge in [0.2, 0.25) is 5.91 Å². The predicted octanol–water partition coefficient (Wildman–Crippen LogP) is 5.24. The number of nitrogens with zero attached hydrogens (tertiary/aromatic N) is 1. The van der Waals surface area contributed by atoms with Gasteiger partial charge in [0.25, 0.3) is 0 Å². The molecule has 1 aliphatic rings. The number of halogens is 2. The van der Waals surface area contributed by atoms with Gasteiger partial charge < -0.3 is 9.72 Å². The van der Waals surface area contributed by atoms with Crippen molar-refractivity contribution in [3.63, 3.8) is 0 Å². The maximum atomic E-state index is 13.9. The van der Waals surface area contributed by atoms with E-state index in [1.165, 1.54) is 34.9 Å². The fourth-order valence-corrected chi connectivity index (χ4v) is 4.55. The smallest absolute Gasteiger partial charge is 0.243 e. The zero-order valence-corrected chi connectivity index (χ0v) is 18.4. The maximum Gasteiger partial charge on any atom is 0.243 e. The van der Waals surface area contributed by atoms with Crippen molar-refractivity contribution in [3.05, 3.63) is 69.6 Å². The number of fused-ring (bicyclic) bond motifs is 3. The average molecular weight is 442 g/mol. The minimum atomic E-state index is -0.757. The Labute approximate surface area is 185 Å². The van der Waals surface area contributed by atoms with Crippen molar-refractivity contribution in [2.24, 2.45) is 5.10 Å². The maximum absolute atomic E-state index is 13.9. The van der Waals surface area contributed by atoms with Crippen molar-refractivity contribution in [1.29, 1.82) is 0 Å². The molecule has 4 rings (SSSR count). The SMILES string of the molecule is CCc1cccc2c3c([nH]c12)C(CC)(CC(=O)N/N=C/c1c(F)cccc1Cl)OCC3. The number of hydrogen-bond acceptors (Lipinski definition) is 3. The Morgan fingerprint density at radius 3 is 2.87 bits per heavy atom. The monoisotopic (exact) mass is 441 g/mol. The highest BCUT2D eigenvalue weighted by Crippen LogP contribution is 2.42. The van der Waals surface area contributed by atoms with Crippen LogP contribution >= 0.6 is 11.6 Å². The number of carbonyl (C=O) groups is 1. The predicted molar refractivity (Wildman–Crippen MR) is 121 cm³/mol. The van der Waals surface area contributed by atoms with E-state index in [1.807, 2.05) is 6.92 Å². The van der Waals surface area contributed by atoms with Gasteiger partial charge in [0.15, 0.2) is 0 Å². The zero-order chi connectivity index (χ0) is 22.0. The molecular formula is C24H25ClFN3O2. The van der Waals surface area contributed by atoms with Gasteiger partial charge in [-0.25, -0.2) is 9.82 Å². The Balaban J connectivity index is 1.59. The summed E-state index contributed by atoms with van der Waals surface area (Å²) in [6.45, 7) is 4.69. The second kappa shape index (κ2) is 8.81. The summed E-state index contributed by atoms with van der Waals surface area (Å²) in [5.41, 5.74) is 6.41. The summed E-state index contributed by atoms with van der Waals surface area (Å²) in [6, 6.07) is 10.7. The van der Waals surface area contributed by atoms with Crippen LogP contribution in [-0.2, 0) is 28.0 Å². The van der Waals surface area contributed by atoms with E-state index in [-0.39, 0.29) is 22.9 Å². The average Bonchev–Trinajstić information content (AvgIpc) is 3.16. The molecule has 1 atom stereocenters. The van der Waals surface area contributed by atoms with E-state index in [0.717, 1.165) is 24.1 Å². The van der Waals surface area contributed by atoms with Gasteiger partial charge in [-0.2, -0.15) is 5.10 Å². The van der Waals surface area contributed by atoms with Crippen LogP contribution in [0.4, 0.5) is 4.39 Å². The van der Waals surface area contributed by atoms with Gasteiger partial charge in [-0.05, 0) is 42.5 Å². The molecule has 0 saturated carbocycles. The van der Waals surface area contributed by atoms with Crippen molar-refractivity contribution < 1.29 is 13.9 Å². The number of rotatable bonds is 6. The summed E-state index contributed by atoms with van der Waals surface area (Å²) in [7, 11) is 0. The van der Waals surface area contributed by atoms with Gasteiger partial charge in [0.1, 0.15) is 11.4 Å². The number of carbonyl (C=O) groups excluding carboxylic acids is 1. The molecule has 7 heteroatoms. The first-order chi connectivity index (χ1) is 15.0. The van der Waals surface area contributed by atoms with Crippen molar-refractivity contribution >= 4 is 34.6 Å². The van der Waals surface area contributed by atoms with Crippen LogP contribution in [0.5, 0.6) is 0 Å². The van der Waals surface area contributed by atoms with Gasteiger partial charge >= 0.3 is 0 Å². The quantitative estimate of drug-likeness (QED) is 0.405. The van der Waals surface area contributed by atoms with Gasteiger partial charge in [-0.15, -0.1) is 0 Å². The second-order valence-corrected chi connectivity index (χ2v) is 8.13. The highest BCUT2D eigenvalue weighted by Gasteiger charge is 2.40. The van der Waals surface area contributed by atoms with Gasteiger partial charge in [0, 0.05) is 16.5 Å². The topological polar surface area (TPSA) is 66.5 Å². The number of H-pyrrole nitrogens is 1. The van der Waals surface area contributed by atoms with Crippen LogP contribution in [0, 0.1) is 5.82 Å². The van der Waals surface area contributed by atoms with E-state index < -0.39 is 11.4 Å². The highest BCUT2D eigenvalue weighted by molar-refractivity contribution is 6.33. The van der Waals surface area contributed by atoms with Crippen molar-refractivity contribution in [2.75, 3.05) is 6.61 Å². The fraction of sp³-hybridized carbons (Fsp3) is 0.333. The minimum absolute atomic E-state index is 0.104. The van der Waals surface area contributed by atoms with Gasteiger partial charge in [-0.3, -0.25) is 4.79 Å². The van der Waals surface area contributed by atoms with E-state index in [1.54, 1.807) is 6.07 Å². The molecule has 1 aromatic heterocycles. The molecule has 0 bridgehead atoms. The number of ether oxygens (including phenoxy) is 1. The summed E-state index contributed by atoms with van der Waals surface area (Å²) in [4.78, 5) is 16.3. The first-order valence-corrected chi connectivity index (χ1v) is 10.9. The fourth-order valence-electron chi connectivity index (χ4n) is 4.34. The van der Waals surface area contributed by atoms with Crippen LogP contribution in [0.25, 0.3) is 10.9 Å². The number of para-hydroxylation sites is 1. The number of hydrazone groups is 1. The Kier molecular flexibility index (Phi) is 6.12. The van der Waals surface area contributed by atoms with E-state index in [2.05, 4.69) is 40.6 Å².